The number of aliphatic carboxylic acids is 1. The lowest BCUT2D eigenvalue weighted by molar-refractivity contribution is -0.140. The van der Waals surface area contributed by atoms with Crippen molar-refractivity contribution >= 4 is 16.0 Å². The van der Waals surface area contributed by atoms with Crippen LogP contribution in [0.5, 0.6) is 0 Å². The molecule has 0 spiro atoms. The number of rotatable bonds is 3. The summed E-state index contributed by atoms with van der Waals surface area (Å²) in [5.74, 6) is -1.06. The van der Waals surface area contributed by atoms with Gasteiger partial charge in [-0.1, -0.05) is 0 Å². The maximum absolute atomic E-state index is 12.1. The molecule has 0 amide bonds. The molecule has 16 heavy (non-hydrogen) atoms. The van der Waals surface area contributed by atoms with E-state index in [1.54, 1.807) is 0 Å². The van der Waals surface area contributed by atoms with Gasteiger partial charge in [-0.25, -0.2) is 8.42 Å². The number of carbonyl (C=O) groups is 1. The molecule has 6 nitrogen and oxygen atoms in total. The van der Waals surface area contributed by atoms with Crippen LogP contribution in [0.25, 0.3) is 0 Å². The van der Waals surface area contributed by atoms with E-state index in [-0.39, 0.29) is 6.61 Å². The van der Waals surface area contributed by atoms with Gasteiger partial charge in [0.1, 0.15) is 11.3 Å². The van der Waals surface area contributed by atoms with E-state index in [4.69, 9.17) is 9.84 Å². The van der Waals surface area contributed by atoms with Crippen molar-refractivity contribution in [3.05, 3.63) is 0 Å². The Labute approximate surface area is 94.2 Å². The van der Waals surface area contributed by atoms with E-state index >= 15 is 0 Å². The van der Waals surface area contributed by atoms with Crippen LogP contribution in [0.3, 0.4) is 0 Å². The minimum Gasteiger partial charge on any atom is -0.480 e. The van der Waals surface area contributed by atoms with Gasteiger partial charge >= 0.3 is 5.97 Å². The first kappa shape index (κ1) is 11.8. The van der Waals surface area contributed by atoms with Crippen LogP contribution in [0.1, 0.15) is 19.3 Å². The van der Waals surface area contributed by atoms with Gasteiger partial charge in [0.05, 0.1) is 6.61 Å². The molecule has 7 heteroatoms. The zero-order chi connectivity index (χ0) is 11.8. The average Bonchev–Trinajstić information content (AvgIpc) is 2.89. The Morgan fingerprint density at radius 1 is 1.38 bits per heavy atom. The molecule has 0 aromatic rings. The van der Waals surface area contributed by atoms with Crippen LogP contribution in [0.4, 0.5) is 0 Å². The fourth-order valence-corrected chi connectivity index (χ4v) is 4.21. The molecule has 2 atom stereocenters. The quantitative estimate of drug-likeness (QED) is 0.739. The summed E-state index contributed by atoms with van der Waals surface area (Å²) in [6, 6.07) is -0.884. The molecule has 2 heterocycles. The highest BCUT2D eigenvalue weighted by Crippen LogP contribution is 2.26. The predicted octanol–water partition coefficient (Wildman–Crippen LogP) is -0.346. The van der Waals surface area contributed by atoms with Crippen molar-refractivity contribution < 1.29 is 23.1 Å². The molecule has 0 aliphatic carbocycles. The van der Waals surface area contributed by atoms with Crippen molar-refractivity contribution in [2.45, 2.75) is 30.6 Å². The summed E-state index contributed by atoms with van der Waals surface area (Å²) < 4.78 is 30.4. The lowest BCUT2D eigenvalue weighted by Gasteiger charge is -2.23. The van der Waals surface area contributed by atoms with Crippen molar-refractivity contribution in [3.8, 4) is 0 Å². The third kappa shape index (κ3) is 1.94. The lowest BCUT2D eigenvalue weighted by atomic mass is 10.2. The molecule has 0 saturated carbocycles. The van der Waals surface area contributed by atoms with Crippen LogP contribution in [0.2, 0.25) is 0 Å². The highest BCUT2D eigenvalue weighted by atomic mass is 32.2. The first-order valence-corrected chi connectivity index (χ1v) is 6.85. The van der Waals surface area contributed by atoms with Crippen LogP contribution in [-0.2, 0) is 19.6 Å². The largest absolute Gasteiger partial charge is 0.480 e. The van der Waals surface area contributed by atoms with E-state index in [2.05, 4.69) is 0 Å². The van der Waals surface area contributed by atoms with Gasteiger partial charge in [-0.2, -0.15) is 4.31 Å². The summed E-state index contributed by atoms with van der Waals surface area (Å²) in [5, 5.41) is 8.39. The molecule has 0 aromatic heterocycles. The number of carboxylic acids is 1. The van der Waals surface area contributed by atoms with Crippen LogP contribution in [0.15, 0.2) is 0 Å². The number of nitrogens with zero attached hydrogens (tertiary/aromatic N) is 1. The summed E-state index contributed by atoms with van der Waals surface area (Å²) in [7, 11) is -3.51. The molecule has 2 fully saturated rings. The van der Waals surface area contributed by atoms with Gasteiger partial charge in [-0.05, 0) is 19.3 Å². The van der Waals surface area contributed by atoms with Crippen LogP contribution in [-0.4, -0.2) is 54.8 Å². The maximum Gasteiger partial charge on any atom is 0.322 e. The monoisotopic (exact) mass is 249 g/mol. The number of carboxylic acid groups (broad SMARTS) is 1. The fraction of sp³-hybridized carbons (Fsp3) is 0.889. The van der Waals surface area contributed by atoms with E-state index in [1.807, 2.05) is 0 Å². The van der Waals surface area contributed by atoms with E-state index in [1.165, 1.54) is 0 Å². The third-order valence-electron chi connectivity index (χ3n) is 3.12. The molecule has 2 saturated heterocycles. The molecular formula is C9H15NO5S. The Balaban J connectivity index is 2.19. The standard InChI is InChI=1S/C9H15NO5S/c11-9(12)8-2-1-4-10(8)16(13,14)7-3-5-15-6-7/h7-8H,1-6H2,(H,11,12)/t7?,8-/m1/s1. The van der Waals surface area contributed by atoms with Crippen molar-refractivity contribution in [1.82, 2.24) is 4.31 Å². The molecule has 2 aliphatic rings. The summed E-state index contributed by atoms with van der Waals surface area (Å²) in [5.41, 5.74) is 0. The summed E-state index contributed by atoms with van der Waals surface area (Å²) in [4.78, 5) is 10.9. The molecule has 1 unspecified atom stereocenters. The molecule has 2 aliphatic heterocycles. The summed E-state index contributed by atoms with van der Waals surface area (Å²) in [6.07, 6.45) is 1.48. The third-order valence-corrected chi connectivity index (χ3v) is 5.43. The number of hydrogen-bond donors (Lipinski definition) is 1. The van der Waals surface area contributed by atoms with Gasteiger partial charge in [0.2, 0.25) is 10.0 Å². The minimum absolute atomic E-state index is 0.186. The van der Waals surface area contributed by atoms with E-state index < -0.39 is 27.3 Å². The van der Waals surface area contributed by atoms with Gasteiger partial charge in [0, 0.05) is 13.2 Å². The van der Waals surface area contributed by atoms with Crippen molar-refractivity contribution in [1.29, 1.82) is 0 Å². The normalized spacial score (nSPS) is 32.0. The van der Waals surface area contributed by atoms with Crippen LogP contribution >= 0.6 is 0 Å². The van der Waals surface area contributed by atoms with Gasteiger partial charge in [0.25, 0.3) is 0 Å². The predicted molar refractivity (Wildman–Crippen MR) is 55.5 cm³/mol. The zero-order valence-corrected chi connectivity index (χ0v) is 9.65. The van der Waals surface area contributed by atoms with E-state index in [9.17, 15) is 13.2 Å². The van der Waals surface area contributed by atoms with Crippen molar-refractivity contribution in [2.24, 2.45) is 0 Å². The highest BCUT2D eigenvalue weighted by molar-refractivity contribution is 7.89. The molecule has 92 valence electrons. The molecule has 0 radical (unpaired) electrons. The Morgan fingerprint density at radius 2 is 2.12 bits per heavy atom. The second-order valence-corrected chi connectivity index (χ2v) is 6.30. The van der Waals surface area contributed by atoms with Gasteiger partial charge in [-0.3, -0.25) is 4.79 Å². The number of ether oxygens (including phenoxy) is 1. The first-order valence-electron chi connectivity index (χ1n) is 5.34. The highest BCUT2D eigenvalue weighted by Gasteiger charge is 2.43. The number of hydrogen-bond acceptors (Lipinski definition) is 4. The molecule has 0 bridgehead atoms. The first-order chi connectivity index (χ1) is 7.53. The van der Waals surface area contributed by atoms with Crippen LogP contribution in [0, 0.1) is 0 Å². The minimum atomic E-state index is -3.51. The lowest BCUT2D eigenvalue weighted by Crippen LogP contribution is -2.45. The fourth-order valence-electron chi connectivity index (χ4n) is 2.23. The second kappa shape index (κ2) is 4.31. The Bertz CT molecular complexity index is 373. The van der Waals surface area contributed by atoms with Crippen LogP contribution < -0.4 is 0 Å². The van der Waals surface area contributed by atoms with Gasteiger partial charge < -0.3 is 9.84 Å². The van der Waals surface area contributed by atoms with Gasteiger partial charge in [-0.15, -0.1) is 0 Å². The Morgan fingerprint density at radius 3 is 2.69 bits per heavy atom. The Kier molecular flexibility index (Phi) is 3.18. The summed E-state index contributed by atoms with van der Waals surface area (Å²) in [6.45, 7) is 0.941. The summed E-state index contributed by atoms with van der Waals surface area (Å²) >= 11 is 0. The van der Waals surface area contributed by atoms with E-state index in [0.717, 1.165) is 4.31 Å². The average molecular weight is 249 g/mol. The second-order valence-electron chi connectivity index (χ2n) is 4.14. The van der Waals surface area contributed by atoms with E-state index in [0.29, 0.717) is 32.4 Å². The molecule has 1 N–H and O–H groups in total. The van der Waals surface area contributed by atoms with Crippen molar-refractivity contribution in [3.63, 3.8) is 0 Å². The molecule has 0 aromatic carbocycles. The Hall–Kier alpha value is -0.660. The SMILES string of the molecule is O=C(O)[C@H]1CCCN1S(=O)(=O)C1CCOC1. The zero-order valence-electron chi connectivity index (χ0n) is 8.83. The topological polar surface area (TPSA) is 83.9 Å². The van der Waals surface area contributed by atoms with Crippen molar-refractivity contribution in [2.75, 3.05) is 19.8 Å². The van der Waals surface area contributed by atoms with Gasteiger partial charge in [0.15, 0.2) is 0 Å². The smallest absolute Gasteiger partial charge is 0.322 e. The molecule has 2 rings (SSSR count). The maximum atomic E-state index is 12.1. The number of sulfonamides is 1. The molecular weight excluding hydrogens is 234 g/mol.